The maximum absolute atomic E-state index is 4.84. The van der Waals surface area contributed by atoms with E-state index in [1.54, 1.807) is 12.4 Å². The van der Waals surface area contributed by atoms with Crippen molar-refractivity contribution in [2.45, 2.75) is 32.7 Å². The van der Waals surface area contributed by atoms with Crippen molar-refractivity contribution in [1.82, 2.24) is 30.0 Å². The topological polar surface area (TPSA) is 80.5 Å². The highest BCUT2D eigenvalue weighted by Gasteiger charge is 2.15. The molecule has 3 aromatic rings. The highest BCUT2D eigenvalue weighted by Crippen LogP contribution is 2.26. The van der Waals surface area contributed by atoms with E-state index in [2.05, 4.69) is 39.5 Å². The Kier molecular flexibility index (Phi) is 6.23. The maximum atomic E-state index is 4.84. The summed E-state index contributed by atoms with van der Waals surface area (Å²) in [5.41, 5.74) is 3.53. The molecule has 1 saturated heterocycles. The van der Waals surface area contributed by atoms with Crippen molar-refractivity contribution < 1.29 is 0 Å². The molecule has 0 bridgehead atoms. The molecule has 0 amide bonds. The molecule has 27 heavy (non-hydrogen) atoms. The van der Waals surface area contributed by atoms with Crippen LogP contribution in [-0.4, -0.2) is 44.4 Å². The minimum Gasteiger partial charge on any atom is -0.368 e. The summed E-state index contributed by atoms with van der Waals surface area (Å²) in [4.78, 5) is 13.8. The van der Waals surface area contributed by atoms with Gasteiger partial charge in [0, 0.05) is 36.7 Å². The van der Waals surface area contributed by atoms with Gasteiger partial charge in [-0.3, -0.25) is 9.67 Å². The molecule has 4 heterocycles. The molecule has 3 aromatic heterocycles. The third-order valence-electron chi connectivity index (χ3n) is 4.84. The molecule has 0 saturated carbocycles. The second-order valence-corrected chi connectivity index (χ2v) is 7.18. The Morgan fingerprint density at radius 1 is 1.30 bits per heavy atom. The van der Waals surface area contributed by atoms with Gasteiger partial charge in [0.1, 0.15) is 5.52 Å². The number of hydrogen-bond acceptors (Lipinski definition) is 6. The predicted octanol–water partition coefficient (Wildman–Crippen LogP) is 3.30. The lowest BCUT2D eigenvalue weighted by molar-refractivity contribution is 0.392. The molecule has 0 aliphatic carbocycles. The van der Waals surface area contributed by atoms with Crippen LogP contribution in [0.15, 0.2) is 30.9 Å². The Morgan fingerprint density at radius 3 is 2.89 bits per heavy atom. The van der Waals surface area contributed by atoms with E-state index < -0.39 is 0 Å². The first-order valence-corrected chi connectivity index (χ1v) is 9.31. The fourth-order valence-corrected chi connectivity index (χ4v) is 3.34. The molecule has 7 nitrogen and oxygen atoms in total. The van der Waals surface area contributed by atoms with Crippen molar-refractivity contribution in [2.24, 2.45) is 5.92 Å². The first-order valence-electron chi connectivity index (χ1n) is 9.31. The van der Waals surface area contributed by atoms with Crippen LogP contribution < -0.4 is 10.6 Å². The van der Waals surface area contributed by atoms with Crippen molar-refractivity contribution >= 4 is 29.3 Å². The number of nitrogens with zero attached hydrogens (tertiary/aromatic N) is 5. The molecule has 0 spiro atoms. The van der Waals surface area contributed by atoms with Crippen LogP contribution in [0.2, 0.25) is 0 Å². The summed E-state index contributed by atoms with van der Waals surface area (Å²) in [6.07, 6.45) is 9.80. The zero-order valence-corrected chi connectivity index (χ0v) is 16.5. The lowest BCUT2D eigenvalue weighted by atomic mass is 10.00. The first kappa shape index (κ1) is 19.5. The van der Waals surface area contributed by atoms with E-state index in [0.29, 0.717) is 12.0 Å². The Balaban J connectivity index is 0.00000210. The number of anilines is 1. The zero-order chi connectivity index (χ0) is 17.9. The molecule has 0 aromatic carbocycles. The van der Waals surface area contributed by atoms with Crippen LogP contribution in [0.25, 0.3) is 22.3 Å². The number of piperidine rings is 1. The molecule has 2 N–H and O–H groups in total. The van der Waals surface area contributed by atoms with Gasteiger partial charge < -0.3 is 10.6 Å². The van der Waals surface area contributed by atoms with Crippen LogP contribution in [0.1, 0.15) is 32.7 Å². The summed E-state index contributed by atoms with van der Waals surface area (Å²) in [5.74, 6) is 1.41. The standard InChI is InChI=1S/C19H25N7.ClH/c1-13(2)26-12-15(11-24-26)16-8-17-18(22-7-6-21-17)19(25-16)23-10-14-4-3-5-20-9-14;/h6-8,11-14,20H,3-5,9-10H2,1-2H3,(H,23,25);1H/t14-;/m0./s1. The summed E-state index contributed by atoms with van der Waals surface area (Å²) in [6, 6.07) is 2.30. The van der Waals surface area contributed by atoms with Crippen molar-refractivity contribution in [3.05, 3.63) is 30.9 Å². The SMILES string of the molecule is CC(C)n1cc(-c2cc3nccnc3c(NC[C@H]3CCCNC3)n2)cn1.Cl. The number of aromatic nitrogens is 5. The van der Waals surface area contributed by atoms with E-state index in [4.69, 9.17) is 4.98 Å². The summed E-state index contributed by atoms with van der Waals surface area (Å²) in [6.45, 7) is 7.29. The molecule has 144 valence electrons. The van der Waals surface area contributed by atoms with E-state index in [1.165, 1.54) is 12.8 Å². The van der Waals surface area contributed by atoms with Crippen molar-refractivity contribution in [3.8, 4) is 11.3 Å². The highest BCUT2D eigenvalue weighted by atomic mass is 35.5. The van der Waals surface area contributed by atoms with Gasteiger partial charge in [-0.15, -0.1) is 12.4 Å². The first-order chi connectivity index (χ1) is 12.7. The Bertz CT molecular complexity index is 887. The monoisotopic (exact) mass is 387 g/mol. The maximum Gasteiger partial charge on any atom is 0.154 e. The highest BCUT2D eigenvalue weighted by molar-refractivity contribution is 5.88. The average Bonchev–Trinajstić information content (AvgIpc) is 3.17. The minimum atomic E-state index is 0. The smallest absolute Gasteiger partial charge is 0.154 e. The van der Waals surface area contributed by atoms with Crippen molar-refractivity contribution in [1.29, 1.82) is 0 Å². The molecule has 1 fully saturated rings. The molecule has 8 heteroatoms. The number of hydrogen-bond donors (Lipinski definition) is 2. The summed E-state index contributed by atoms with van der Waals surface area (Å²) >= 11 is 0. The van der Waals surface area contributed by atoms with E-state index >= 15 is 0 Å². The fraction of sp³-hybridized carbons (Fsp3) is 0.474. The van der Waals surface area contributed by atoms with Gasteiger partial charge in [-0.2, -0.15) is 5.10 Å². The van der Waals surface area contributed by atoms with Crippen LogP contribution in [-0.2, 0) is 0 Å². The van der Waals surface area contributed by atoms with Gasteiger partial charge in [0.15, 0.2) is 5.82 Å². The van der Waals surface area contributed by atoms with E-state index in [9.17, 15) is 0 Å². The van der Waals surface area contributed by atoms with Crippen molar-refractivity contribution in [2.75, 3.05) is 25.0 Å². The van der Waals surface area contributed by atoms with Crippen LogP contribution in [0, 0.1) is 5.92 Å². The van der Waals surface area contributed by atoms with E-state index in [-0.39, 0.29) is 12.4 Å². The van der Waals surface area contributed by atoms with Crippen LogP contribution in [0.4, 0.5) is 5.82 Å². The fourth-order valence-electron chi connectivity index (χ4n) is 3.34. The van der Waals surface area contributed by atoms with Gasteiger partial charge in [-0.1, -0.05) is 0 Å². The largest absolute Gasteiger partial charge is 0.368 e. The van der Waals surface area contributed by atoms with Gasteiger partial charge >= 0.3 is 0 Å². The number of rotatable bonds is 5. The van der Waals surface area contributed by atoms with E-state index in [0.717, 1.165) is 47.7 Å². The van der Waals surface area contributed by atoms with Crippen molar-refractivity contribution in [3.63, 3.8) is 0 Å². The Hall–Kier alpha value is -2.25. The lowest BCUT2D eigenvalue weighted by Crippen LogP contribution is -2.33. The third-order valence-corrected chi connectivity index (χ3v) is 4.84. The number of nitrogens with one attached hydrogen (secondary N) is 2. The second-order valence-electron chi connectivity index (χ2n) is 7.18. The molecule has 0 unspecified atom stereocenters. The summed E-state index contributed by atoms with van der Waals surface area (Å²) < 4.78 is 1.94. The molecule has 1 aliphatic rings. The third kappa shape index (κ3) is 4.36. The summed E-state index contributed by atoms with van der Waals surface area (Å²) in [5, 5.41) is 11.4. The molecule has 4 rings (SSSR count). The minimum absolute atomic E-state index is 0. The second kappa shape index (κ2) is 8.63. The summed E-state index contributed by atoms with van der Waals surface area (Å²) in [7, 11) is 0. The zero-order valence-electron chi connectivity index (χ0n) is 15.7. The number of pyridine rings is 1. The van der Waals surface area contributed by atoms with E-state index in [1.807, 2.05) is 23.1 Å². The lowest BCUT2D eigenvalue weighted by Gasteiger charge is -2.23. The van der Waals surface area contributed by atoms with Crippen LogP contribution in [0.3, 0.4) is 0 Å². The van der Waals surface area contributed by atoms with Gasteiger partial charge in [0.25, 0.3) is 0 Å². The molecule has 1 atom stereocenters. The average molecular weight is 388 g/mol. The molecule has 0 radical (unpaired) electrons. The Labute approximate surface area is 165 Å². The Morgan fingerprint density at radius 2 is 2.15 bits per heavy atom. The van der Waals surface area contributed by atoms with Crippen LogP contribution >= 0.6 is 12.4 Å². The molecular formula is C19H26ClN7. The van der Waals surface area contributed by atoms with Gasteiger partial charge in [-0.05, 0) is 51.8 Å². The van der Waals surface area contributed by atoms with Gasteiger partial charge in [-0.25, -0.2) is 9.97 Å². The van der Waals surface area contributed by atoms with Crippen LogP contribution in [0.5, 0.6) is 0 Å². The quantitative estimate of drug-likeness (QED) is 0.699. The van der Waals surface area contributed by atoms with Gasteiger partial charge in [0.05, 0.1) is 17.4 Å². The number of fused-ring (bicyclic) bond motifs is 1. The molecule has 1 aliphatic heterocycles. The van der Waals surface area contributed by atoms with Gasteiger partial charge in [0.2, 0.25) is 0 Å². The number of halogens is 1. The normalized spacial score (nSPS) is 17.1. The molecular weight excluding hydrogens is 362 g/mol. The predicted molar refractivity (Wildman–Crippen MR) is 110 cm³/mol.